The number of nitrogens with zero attached hydrogens (tertiary/aromatic N) is 2. The van der Waals surface area contributed by atoms with E-state index in [9.17, 15) is 18.0 Å². The van der Waals surface area contributed by atoms with Crippen molar-refractivity contribution in [1.29, 1.82) is 0 Å². The van der Waals surface area contributed by atoms with Crippen LogP contribution in [0.1, 0.15) is 23.3 Å². The third-order valence-electron chi connectivity index (χ3n) is 2.91. The monoisotopic (exact) mass is 298 g/mol. The number of hydrazine groups is 1. The van der Waals surface area contributed by atoms with Crippen molar-refractivity contribution < 1.29 is 18.0 Å². The van der Waals surface area contributed by atoms with E-state index in [0.717, 1.165) is 0 Å². The molecule has 0 saturated carbocycles. The molecule has 1 aliphatic rings. The van der Waals surface area contributed by atoms with Gasteiger partial charge >= 0.3 is 0 Å². The van der Waals surface area contributed by atoms with Gasteiger partial charge in [-0.1, -0.05) is 0 Å². The Balaban J connectivity index is 1.77. The number of carbonyl (C=O) groups is 2. The molecule has 1 aromatic rings. The minimum absolute atomic E-state index is 0.0263. The lowest BCUT2D eigenvalue weighted by atomic mass is 10.1. The van der Waals surface area contributed by atoms with Gasteiger partial charge < -0.3 is 0 Å². The van der Waals surface area contributed by atoms with Gasteiger partial charge in [0.1, 0.15) is 5.69 Å². The minimum atomic E-state index is -3.00. The molecule has 0 aliphatic carbocycles. The molecule has 2 heterocycles. The van der Waals surface area contributed by atoms with Crippen molar-refractivity contribution in [2.24, 2.45) is 5.92 Å². The molecule has 1 saturated heterocycles. The maximum absolute atomic E-state index is 11.6. The van der Waals surface area contributed by atoms with Crippen LogP contribution in [0.5, 0.6) is 0 Å². The van der Waals surface area contributed by atoms with E-state index >= 15 is 0 Å². The number of rotatable bonds is 3. The topological polar surface area (TPSA) is 118 Å². The van der Waals surface area contributed by atoms with E-state index < -0.39 is 21.7 Å². The Morgan fingerprint density at radius 1 is 1.30 bits per heavy atom. The van der Waals surface area contributed by atoms with Crippen molar-refractivity contribution >= 4 is 21.7 Å². The molecule has 1 atom stereocenters. The Morgan fingerprint density at radius 3 is 2.70 bits per heavy atom. The van der Waals surface area contributed by atoms with Gasteiger partial charge in [-0.25, -0.2) is 13.4 Å². The van der Waals surface area contributed by atoms with E-state index in [1.807, 2.05) is 0 Å². The molecule has 1 fully saturated rings. The zero-order chi connectivity index (χ0) is 14.6. The molecule has 9 heteroatoms. The van der Waals surface area contributed by atoms with E-state index in [2.05, 4.69) is 20.8 Å². The zero-order valence-corrected chi connectivity index (χ0v) is 11.4. The summed E-state index contributed by atoms with van der Waals surface area (Å²) in [6, 6.07) is 0. The van der Waals surface area contributed by atoms with E-state index in [-0.39, 0.29) is 29.5 Å². The molecule has 20 heavy (non-hydrogen) atoms. The third-order valence-corrected chi connectivity index (χ3v) is 4.75. The zero-order valence-electron chi connectivity index (χ0n) is 10.6. The summed E-state index contributed by atoms with van der Waals surface area (Å²) in [6.45, 7) is 0. The maximum atomic E-state index is 11.6. The van der Waals surface area contributed by atoms with Gasteiger partial charge in [-0.15, -0.1) is 0 Å². The van der Waals surface area contributed by atoms with Crippen LogP contribution in [0.15, 0.2) is 18.6 Å². The molecule has 0 bridgehead atoms. The van der Waals surface area contributed by atoms with E-state index in [1.165, 1.54) is 18.6 Å². The van der Waals surface area contributed by atoms with Crippen molar-refractivity contribution in [3.05, 3.63) is 24.3 Å². The number of hydrogen-bond donors (Lipinski definition) is 2. The first kappa shape index (κ1) is 14.4. The molecule has 2 rings (SSSR count). The first-order valence-electron chi connectivity index (χ1n) is 6.02. The van der Waals surface area contributed by atoms with Crippen LogP contribution in [0.25, 0.3) is 0 Å². The van der Waals surface area contributed by atoms with Crippen LogP contribution in [-0.2, 0) is 14.6 Å². The quantitative estimate of drug-likeness (QED) is 0.695. The van der Waals surface area contributed by atoms with Crippen molar-refractivity contribution in [1.82, 2.24) is 20.8 Å². The van der Waals surface area contributed by atoms with Gasteiger partial charge in [0, 0.05) is 18.8 Å². The lowest BCUT2D eigenvalue weighted by molar-refractivity contribution is -0.122. The fourth-order valence-corrected chi connectivity index (χ4v) is 3.81. The first-order chi connectivity index (χ1) is 9.46. The Morgan fingerprint density at radius 2 is 2.10 bits per heavy atom. The van der Waals surface area contributed by atoms with E-state index in [1.54, 1.807) is 0 Å². The van der Waals surface area contributed by atoms with Gasteiger partial charge in [-0.3, -0.25) is 25.4 Å². The molecule has 2 N–H and O–H groups in total. The summed E-state index contributed by atoms with van der Waals surface area (Å²) in [4.78, 5) is 30.7. The highest BCUT2D eigenvalue weighted by molar-refractivity contribution is 7.91. The molecule has 8 nitrogen and oxygen atoms in total. The van der Waals surface area contributed by atoms with Crippen molar-refractivity contribution in [3.63, 3.8) is 0 Å². The Bertz CT molecular complexity index is 602. The fraction of sp³-hybridized carbons (Fsp3) is 0.455. The highest BCUT2D eigenvalue weighted by Crippen LogP contribution is 2.21. The Labute approximate surface area is 115 Å². The van der Waals surface area contributed by atoms with Crippen molar-refractivity contribution in [3.8, 4) is 0 Å². The predicted octanol–water partition coefficient (Wildman–Crippen LogP) is -0.938. The summed E-state index contributed by atoms with van der Waals surface area (Å²) in [5.41, 5.74) is 4.52. The smallest absolute Gasteiger partial charge is 0.273 e. The molecule has 0 spiro atoms. The van der Waals surface area contributed by atoms with Gasteiger partial charge in [0.2, 0.25) is 5.91 Å². The van der Waals surface area contributed by atoms with Gasteiger partial charge in [-0.05, 0) is 12.3 Å². The molecule has 1 aliphatic heterocycles. The minimum Gasteiger partial charge on any atom is -0.273 e. The molecule has 0 radical (unpaired) electrons. The van der Waals surface area contributed by atoms with Gasteiger partial charge in [-0.2, -0.15) is 0 Å². The van der Waals surface area contributed by atoms with Crippen LogP contribution in [0.3, 0.4) is 0 Å². The molecule has 108 valence electrons. The molecule has 2 amide bonds. The third kappa shape index (κ3) is 3.98. The van der Waals surface area contributed by atoms with Gasteiger partial charge in [0.15, 0.2) is 9.84 Å². The second kappa shape index (κ2) is 5.95. The van der Waals surface area contributed by atoms with Crippen LogP contribution in [0.4, 0.5) is 0 Å². The van der Waals surface area contributed by atoms with Crippen molar-refractivity contribution in [2.45, 2.75) is 12.8 Å². The number of sulfone groups is 1. The first-order valence-corrected chi connectivity index (χ1v) is 7.84. The number of aromatic nitrogens is 2. The summed E-state index contributed by atoms with van der Waals surface area (Å²) in [5, 5.41) is 0. The Hall–Kier alpha value is -2.03. The number of amides is 2. The predicted molar refractivity (Wildman–Crippen MR) is 69.0 cm³/mol. The fourth-order valence-electron chi connectivity index (χ4n) is 1.95. The van der Waals surface area contributed by atoms with Crippen LogP contribution >= 0.6 is 0 Å². The summed E-state index contributed by atoms with van der Waals surface area (Å²) in [5.74, 6) is -1.04. The summed E-state index contributed by atoms with van der Waals surface area (Å²) in [6.07, 6.45) is 4.61. The lowest BCUT2D eigenvalue weighted by Crippen LogP contribution is -2.42. The second-order valence-electron chi connectivity index (χ2n) is 4.57. The molecule has 1 aromatic heterocycles. The summed E-state index contributed by atoms with van der Waals surface area (Å²) < 4.78 is 22.5. The lowest BCUT2D eigenvalue weighted by Gasteiger charge is -2.09. The highest BCUT2D eigenvalue weighted by atomic mass is 32.2. The number of carbonyl (C=O) groups excluding carboxylic acids is 2. The molecular formula is C11H14N4O4S. The number of nitrogens with one attached hydrogen (secondary N) is 2. The highest BCUT2D eigenvalue weighted by Gasteiger charge is 2.29. The second-order valence-corrected chi connectivity index (χ2v) is 6.79. The number of hydrogen-bond acceptors (Lipinski definition) is 6. The van der Waals surface area contributed by atoms with Gasteiger partial charge in [0.25, 0.3) is 5.91 Å². The van der Waals surface area contributed by atoms with Crippen LogP contribution < -0.4 is 10.9 Å². The SMILES string of the molecule is O=C(CC1CCS(=O)(=O)C1)NNC(=O)c1cnccn1. The van der Waals surface area contributed by atoms with E-state index in [4.69, 9.17) is 0 Å². The van der Waals surface area contributed by atoms with E-state index in [0.29, 0.717) is 6.42 Å². The normalized spacial score (nSPS) is 20.3. The average Bonchev–Trinajstić information content (AvgIpc) is 2.76. The largest absolute Gasteiger partial charge is 0.289 e. The van der Waals surface area contributed by atoms with Crippen LogP contribution in [-0.4, -0.2) is 41.7 Å². The molecular weight excluding hydrogens is 284 g/mol. The van der Waals surface area contributed by atoms with Crippen LogP contribution in [0, 0.1) is 5.92 Å². The Kier molecular flexibility index (Phi) is 4.28. The summed E-state index contributed by atoms with van der Waals surface area (Å²) in [7, 11) is -3.00. The molecule has 0 aromatic carbocycles. The molecule has 1 unspecified atom stereocenters. The van der Waals surface area contributed by atoms with Gasteiger partial charge in [0.05, 0.1) is 17.7 Å². The van der Waals surface area contributed by atoms with Crippen LogP contribution in [0.2, 0.25) is 0 Å². The summed E-state index contributed by atoms with van der Waals surface area (Å²) >= 11 is 0. The van der Waals surface area contributed by atoms with Crippen molar-refractivity contribution in [2.75, 3.05) is 11.5 Å². The standard InChI is InChI=1S/C11H14N4O4S/c16-10(5-8-1-4-20(18,19)7-8)14-15-11(17)9-6-12-2-3-13-9/h2-3,6,8H,1,4-5,7H2,(H,14,16)(H,15,17). The maximum Gasteiger partial charge on any atom is 0.289 e. The average molecular weight is 298 g/mol.